The Bertz CT molecular complexity index is 5140. The number of nitrogen functional groups attached to an aromatic ring is 1. The van der Waals surface area contributed by atoms with Crippen LogP contribution in [0, 0.1) is 27.7 Å². The van der Waals surface area contributed by atoms with Crippen molar-refractivity contribution in [3.05, 3.63) is 143 Å². The molecular weight excluding hydrogens is 1590 g/mol. The number of ether oxygens (including phenoxy) is 5. The van der Waals surface area contributed by atoms with Crippen LogP contribution < -0.4 is 83.0 Å². The molecule has 0 aromatic carbocycles. The second-order valence-electron chi connectivity index (χ2n) is 26.4. The van der Waals surface area contributed by atoms with Crippen molar-refractivity contribution in [2.45, 2.75) is 66.2 Å². The van der Waals surface area contributed by atoms with Gasteiger partial charge in [0, 0.05) is 126 Å². The van der Waals surface area contributed by atoms with Crippen LogP contribution in [0.2, 0.25) is 0 Å². The molecule has 2 atom stereocenters. The van der Waals surface area contributed by atoms with Crippen LogP contribution in [0.5, 0.6) is 0 Å². The molecule has 10 amide bonds. The third-order valence-corrected chi connectivity index (χ3v) is 17.7. The zero-order valence-corrected chi connectivity index (χ0v) is 65.5. The molecule has 6 aromatic rings. The molecule has 2 unspecified atom stereocenters. The predicted molar refractivity (Wildman–Crippen MR) is 406 cm³/mol. The van der Waals surface area contributed by atoms with E-state index >= 15 is 0 Å². The Kier molecular flexibility index (Phi) is 35.6. The lowest BCUT2D eigenvalue weighted by Crippen LogP contribution is -2.50. The van der Waals surface area contributed by atoms with Crippen LogP contribution >= 0.6 is 7.82 Å². The van der Waals surface area contributed by atoms with Gasteiger partial charge in [0.05, 0.1) is 84.9 Å². The normalized spacial score (nSPS) is 13.5. The maximum absolute atomic E-state index is 14.0. The Balaban J connectivity index is 0.861. The average Bonchev–Trinajstić information content (AvgIpc) is 1.63. The summed E-state index contributed by atoms with van der Waals surface area (Å²) in [6.07, 6.45) is 5.72. The van der Waals surface area contributed by atoms with Gasteiger partial charge in [0.15, 0.2) is 11.5 Å². The number of hydrogen-bond acceptors (Lipinski definition) is 30. The number of primary amides is 1. The molecule has 118 heavy (non-hydrogen) atoms. The van der Waals surface area contributed by atoms with Crippen LogP contribution in [0.25, 0.3) is 11.2 Å². The molecule has 644 valence electrons. The smallest absolute Gasteiger partial charge is 0.382 e. The molecule has 0 aliphatic carbocycles. The van der Waals surface area contributed by atoms with Gasteiger partial charge in [0.1, 0.15) is 57.5 Å². The Morgan fingerprint density at radius 3 is 1.25 bits per heavy atom. The first-order chi connectivity index (χ1) is 56.0. The van der Waals surface area contributed by atoms with Gasteiger partial charge >= 0.3 is 30.6 Å². The number of anilines is 1. The monoisotopic (exact) mass is 1680 g/mol. The van der Waals surface area contributed by atoms with Crippen molar-refractivity contribution in [3.8, 4) is 0 Å². The number of phosphoric acid groups is 1. The largest absolute Gasteiger partial charge is 0.469 e. The summed E-state index contributed by atoms with van der Waals surface area (Å²) in [6.45, 7) is -3.34. The fourth-order valence-corrected chi connectivity index (χ4v) is 11.6. The van der Waals surface area contributed by atoms with Gasteiger partial charge in [-0.1, -0.05) is 0 Å². The fourth-order valence-electron chi connectivity index (χ4n) is 11.2. The van der Waals surface area contributed by atoms with Crippen LogP contribution in [-0.2, 0) is 107 Å². The third-order valence-electron chi connectivity index (χ3n) is 17.2. The van der Waals surface area contributed by atoms with Crippen molar-refractivity contribution >= 4 is 83.9 Å². The molecule has 7 heterocycles. The second kappa shape index (κ2) is 45.2. The molecule has 0 radical (unpaired) electrons. The fraction of sp³-hybridized carbons (Fsp3) is 0.530. The highest BCUT2D eigenvalue weighted by Gasteiger charge is 2.33. The number of phosphoric ester groups is 1. The maximum atomic E-state index is 14.0. The van der Waals surface area contributed by atoms with E-state index in [-0.39, 0.29) is 114 Å². The summed E-state index contributed by atoms with van der Waals surface area (Å²) in [5.41, 5.74) is 5.50. The molecule has 1 fully saturated rings. The van der Waals surface area contributed by atoms with Crippen molar-refractivity contribution in [2.24, 2.45) is 5.73 Å². The summed E-state index contributed by atoms with van der Waals surface area (Å²) in [7, 11) is -4.79. The van der Waals surface area contributed by atoms with Gasteiger partial charge < -0.3 is 91.1 Å². The molecule has 51 nitrogen and oxygen atoms in total. The number of aryl methyl sites for hydroxylation is 4. The Morgan fingerprint density at radius 1 is 0.500 bits per heavy atom. The lowest BCUT2D eigenvalue weighted by Gasteiger charge is -2.38. The van der Waals surface area contributed by atoms with Gasteiger partial charge in [0.2, 0.25) is 59.1 Å². The first-order valence-electron chi connectivity index (χ1n) is 36.3. The zero-order chi connectivity index (χ0) is 86.3. The van der Waals surface area contributed by atoms with Crippen LogP contribution in [-0.4, -0.2) is 321 Å². The number of nitrogens with two attached hydrogens (primary N) is 2. The van der Waals surface area contributed by atoms with Gasteiger partial charge in [-0.25, -0.2) is 38.7 Å². The van der Waals surface area contributed by atoms with E-state index in [1.165, 1.54) is 40.3 Å². The first-order valence-corrected chi connectivity index (χ1v) is 37.8. The summed E-state index contributed by atoms with van der Waals surface area (Å²) in [5.74, 6) is -8.08. The number of nitrogens with one attached hydrogen (secondary N) is 9. The van der Waals surface area contributed by atoms with Crippen LogP contribution in [0.3, 0.4) is 0 Å². The number of fused-ring (bicyclic) bond motifs is 1. The quantitative estimate of drug-likeness (QED) is 0.0125. The highest BCUT2D eigenvalue weighted by Crippen LogP contribution is 2.37. The van der Waals surface area contributed by atoms with E-state index in [4.69, 9.17) is 39.7 Å². The Morgan fingerprint density at radius 2 is 0.864 bits per heavy atom. The molecule has 1 aliphatic rings. The number of rotatable bonds is 48. The number of nitrogens with zero attached hydrogens (tertiary/aromatic N) is 13. The molecule has 0 bridgehead atoms. The van der Waals surface area contributed by atoms with Crippen molar-refractivity contribution < 1.29 is 90.5 Å². The molecule has 0 saturated carbocycles. The molecule has 1 saturated heterocycles. The Labute approximate surface area is 665 Å². The number of H-pyrrole nitrogens is 4. The van der Waals surface area contributed by atoms with Gasteiger partial charge in [0.25, 0.3) is 22.2 Å². The number of aromatic nitrogens is 12. The molecule has 0 spiro atoms. The summed E-state index contributed by atoms with van der Waals surface area (Å²) < 4.78 is 49.3. The number of aromatic amines is 4. The molecule has 15 N–H and O–H groups in total. The summed E-state index contributed by atoms with van der Waals surface area (Å²) in [4.78, 5) is 277. The number of amides is 10. The average molecular weight is 1690 g/mol. The minimum atomic E-state index is -4.79. The van der Waals surface area contributed by atoms with Crippen LogP contribution in [0.1, 0.15) is 28.5 Å². The predicted octanol–water partition coefficient (Wildman–Crippen LogP) is -11.4. The van der Waals surface area contributed by atoms with E-state index in [0.29, 0.717) is 24.3 Å². The van der Waals surface area contributed by atoms with Gasteiger partial charge in [-0.15, -0.1) is 0 Å². The highest BCUT2D eigenvalue weighted by molar-refractivity contribution is 7.46. The molecule has 52 heteroatoms. The lowest BCUT2D eigenvalue weighted by atomic mass is 10.2. The van der Waals surface area contributed by atoms with Gasteiger partial charge in [-0.05, 0) is 27.7 Å². The van der Waals surface area contributed by atoms with E-state index in [0.717, 1.165) is 62.7 Å². The van der Waals surface area contributed by atoms with E-state index in [1.807, 2.05) is 9.88 Å². The molecular formula is C66H93N24O27P. The summed E-state index contributed by atoms with van der Waals surface area (Å²) in [6, 6.07) is 0. The van der Waals surface area contributed by atoms with Gasteiger partial charge in [-0.2, -0.15) is 0 Å². The van der Waals surface area contributed by atoms with Crippen molar-refractivity contribution in [1.82, 2.24) is 109 Å². The summed E-state index contributed by atoms with van der Waals surface area (Å²) in [5, 5.41) is 12.7. The number of morpholine rings is 1. The standard InChI is InChI=1S/C66H93N24O27P/c1-40-21-86(63(105)77-59(40)101)30-51(97)82(26-45(67)91)10-5-69-46(92)27-83(52(98)31-87-22-41(2)60(102)78-64(87)106)11-6-70-47(93)28-84(53(99)32-88-23-42(3)61(103)79-65(88)107)12-7-71-48(94)29-85(54(100)33-89-24-43(4)62(104)80-66(89)108)13-8-72-49(95)36-114-19-17-112-15-9-73-50(96)37-115-20-18-113-16-14-81-25-44(35-116-118(109,110)111)117-55(34-81)90-39-76-56-57(68)74-38-75-58(56)90/h21-24,38-39,44,55H,5-20,25-37H2,1-4H3,(H2,67,91)(H,69,92)(H,70,93)(H,71,94)(H,72,95)(H,73,96)(H2,68,74,75)(H,77,101,105)(H,78,102,106)(H,79,103,107)(H,80,104,108)(H2,109,110,111). The van der Waals surface area contributed by atoms with E-state index < -0.39 is 216 Å². The van der Waals surface area contributed by atoms with Crippen molar-refractivity contribution in [3.63, 3.8) is 0 Å². The topological polar surface area (TPSA) is 675 Å². The highest BCUT2D eigenvalue weighted by atomic mass is 31.2. The lowest BCUT2D eigenvalue weighted by molar-refractivity contribution is -0.138. The molecule has 1 aliphatic heterocycles. The molecule has 6 aromatic heterocycles. The van der Waals surface area contributed by atoms with Crippen molar-refractivity contribution in [2.75, 3.05) is 170 Å². The summed E-state index contributed by atoms with van der Waals surface area (Å²) >= 11 is 0. The van der Waals surface area contributed by atoms with Crippen molar-refractivity contribution in [1.29, 1.82) is 0 Å². The van der Waals surface area contributed by atoms with E-state index in [9.17, 15) is 101 Å². The third kappa shape index (κ3) is 30.4. The minimum absolute atomic E-state index is 0.0000825. The first kappa shape index (κ1) is 92.8. The molecule has 7 rings (SSSR count). The number of carbonyl (C=O) groups is 10. The number of carbonyl (C=O) groups excluding carboxylic acids is 10. The van der Waals surface area contributed by atoms with E-state index in [2.05, 4.69) is 56.5 Å². The van der Waals surface area contributed by atoms with Crippen LogP contribution in [0.15, 0.2) is 75.8 Å². The van der Waals surface area contributed by atoms with Gasteiger partial charge in [-0.3, -0.25) is 119 Å². The SMILES string of the molecule is Cc1cn(CC(=O)N(CCNC(=O)CN(CCNC(=O)CN(CCNC(=O)CN(CCNC(=O)COCCOCCNC(=O)COCCOCCN2CC(COP(=O)(O)O)OC(n3cnc4c(N)ncnc43)C2)C(=O)Cn2cc(C)c(=O)[nH]c2=O)C(=O)Cn2cc(C)c(=O)[nH]c2=O)C(=O)Cn2cc(C)c(=O)[nH]c2=O)CC(N)=O)c(=O)[nH]c1=O. The minimum Gasteiger partial charge on any atom is -0.382 e. The zero-order valence-electron chi connectivity index (χ0n) is 64.6. The Hall–Kier alpha value is -12.4. The van der Waals surface area contributed by atoms with E-state index in [1.54, 1.807) is 4.57 Å². The van der Waals surface area contributed by atoms with Crippen LogP contribution in [0.4, 0.5) is 5.82 Å². The second-order valence-corrected chi connectivity index (χ2v) is 27.7. The number of imidazole rings is 1. The maximum Gasteiger partial charge on any atom is 0.469 e. The number of hydrogen-bond donors (Lipinski definition) is 13.